The van der Waals surface area contributed by atoms with Crippen LogP contribution in [-0.4, -0.2) is 11.0 Å². The average molecular weight is 279 g/mol. The zero-order chi connectivity index (χ0) is 14.0. The first-order chi connectivity index (χ1) is 8.97. The van der Waals surface area contributed by atoms with Crippen molar-refractivity contribution in [3.8, 4) is 15.6 Å². The number of hydrogen-bond acceptors (Lipinski definition) is 4. The largest absolute Gasteiger partial charge is 0.414 e. The molecule has 100 valence electrons. The van der Waals surface area contributed by atoms with Gasteiger partial charge in [0.2, 0.25) is 5.06 Å². The second-order valence-corrected chi connectivity index (χ2v) is 5.41. The summed E-state index contributed by atoms with van der Waals surface area (Å²) < 4.78 is 18.1. The minimum Gasteiger partial charge on any atom is -0.414 e. The third-order valence-corrected chi connectivity index (χ3v) is 3.49. The first kappa shape index (κ1) is 13.7. The van der Waals surface area contributed by atoms with Gasteiger partial charge in [-0.15, -0.1) is 0 Å². The van der Waals surface area contributed by atoms with Crippen LogP contribution in [0.3, 0.4) is 0 Å². The van der Waals surface area contributed by atoms with Crippen molar-refractivity contribution in [2.45, 2.75) is 26.7 Å². The molecular formula is C14H14FNO2S. The molecule has 0 saturated heterocycles. The van der Waals surface area contributed by atoms with Crippen LogP contribution in [0.15, 0.2) is 24.3 Å². The van der Waals surface area contributed by atoms with Crippen LogP contribution in [0.4, 0.5) is 4.39 Å². The summed E-state index contributed by atoms with van der Waals surface area (Å²) in [6.45, 7) is 5.33. The summed E-state index contributed by atoms with van der Waals surface area (Å²) in [7, 11) is 0. The Morgan fingerprint density at radius 3 is 2.47 bits per heavy atom. The van der Waals surface area contributed by atoms with E-state index in [2.05, 4.69) is 4.98 Å². The monoisotopic (exact) mass is 279 g/mol. The van der Waals surface area contributed by atoms with Crippen molar-refractivity contribution in [2.24, 2.45) is 0 Å². The van der Waals surface area contributed by atoms with E-state index in [4.69, 9.17) is 4.74 Å². The molecule has 0 radical (unpaired) electrons. The summed E-state index contributed by atoms with van der Waals surface area (Å²) in [5.41, 5.74) is 1.56. The van der Waals surface area contributed by atoms with E-state index in [9.17, 15) is 9.18 Å². The van der Waals surface area contributed by atoms with Crippen molar-refractivity contribution >= 4 is 17.3 Å². The molecule has 0 amide bonds. The maximum absolute atomic E-state index is 12.9. The van der Waals surface area contributed by atoms with Crippen molar-refractivity contribution in [2.75, 3.05) is 0 Å². The van der Waals surface area contributed by atoms with Gasteiger partial charge in [-0.1, -0.05) is 25.2 Å². The highest BCUT2D eigenvalue weighted by Gasteiger charge is 2.18. The minimum absolute atomic E-state index is 0.153. The molecule has 1 aromatic heterocycles. The summed E-state index contributed by atoms with van der Waals surface area (Å²) in [6, 6.07) is 6.10. The summed E-state index contributed by atoms with van der Waals surface area (Å²) >= 11 is 1.30. The molecule has 3 nitrogen and oxygen atoms in total. The number of rotatable bonds is 3. The van der Waals surface area contributed by atoms with E-state index in [1.807, 2.05) is 13.8 Å². The van der Waals surface area contributed by atoms with Gasteiger partial charge in [0.1, 0.15) is 10.8 Å². The summed E-state index contributed by atoms with van der Waals surface area (Å²) in [5.74, 6) is -0.499. The number of carbonyl (C=O) groups is 1. The van der Waals surface area contributed by atoms with Gasteiger partial charge in [-0.25, -0.2) is 9.37 Å². The second kappa shape index (κ2) is 5.48. The van der Waals surface area contributed by atoms with Crippen LogP contribution in [0.5, 0.6) is 5.06 Å². The van der Waals surface area contributed by atoms with Gasteiger partial charge < -0.3 is 4.74 Å². The second-order valence-electron chi connectivity index (χ2n) is 4.45. The van der Waals surface area contributed by atoms with Crippen LogP contribution in [0, 0.1) is 5.82 Å². The van der Waals surface area contributed by atoms with Gasteiger partial charge in [0, 0.05) is 18.4 Å². The van der Waals surface area contributed by atoms with Gasteiger partial charge in [0.25, 0.3) is 0 Å². The first-order valence-electron chi connectivity index (χ1n) is 5.92. The van der Waals surface area contributed by atoms with Crippen molar-refractivity contribution < 1.29 is 13.9 Å². The lowest BCUT2D eigenvalue weighted by Gasteiger charge is -2.03. The molecule has 0 atom stereocenters. The lowest BCUT2D eigenvalue weighted by Crippen LogP contribution is -2.02. The maximum Gasteiger partial charge on any atom is 0.308 e. The zero-order valence-electron chi connectivity index (χ0n) is 10.9. The molecular weight excluding hydrogens is 265 g/mol. The summed E-state index contributed by atoms with van der Waals surface area (Å²) in [6.07, 6.45) is 0. The molecule has 1 aromatic carbocycles. The molecule has 0 aliphatic rings. The third kappa shape index (κ3) is 3.17. The highest BCUT2D eigenvalue weighted by atomic mass is 32.1. The number of esters is 1. The van der Waals surface area contributed by atoms with E-state index in [0.29, 0.717) is 5.06 Å². The predicted octanol–water partition coefficient (Wildman–Crippen LogP) is 4.00. The van der Waals surface area contributed by atoms with Crippen molar-refractivity contribution in [3.63, 3.8) is 0 Å². The van der Waals surface area contributed by atoms with E-state index >= 15 is 0 Å². The Kier molecular flexibility index (Phi) is 3.95. The Hall–Kier alpha value is -1.75. The van der Waals surface area contributed by atoms with Crippen LogP contribution in [-0.2, 0) is 4.79 Å². The van der Waals surface area contributed by atoms with Crippen LogP contribution in [0.1, 0.15) is 32.4 Å². The summed E-state index contributed by atoms with van der Waals surface area (Å²) in [5, 5.41) is 1.24. The highest BCUT2D eigenvalue weighted by Crippen LogP contribution is 2.37. The molecule has 0 bridgehead atoms. The van der Waals surface area contributed by atoms with Crippen LogP contribution in [0.2, 0.25) is 0 Å². The average Bonchev–Trinajstić information content (AvgIpc) is 2.73. The van der Waals surface area contributed by atoms with Crippen LogP contribution < -0.4 is 4.74 Å². The Morgan fingerprint density at radius 2 is 1.95 bits per heavy atom. The number of carbonyl (C=O) groups excluding carboxylic acids is 1. The Labute approximate surface area is 115 Å². The fourth-order valence-electron chi connectivity index (χ4n) is 1.60. The third-order valence-electron chi connectivity index (χ3n) is 2.49. The number of halogens is 1. The molecule has 0 spiro atoms. The fraction of sp³-hybridized carbons (Fsp3) is 0.286. The molecule has 0 N–H and O–H groups in total. The number of ether oxygens (including phenoxy) is 1. The number of thiazole rings is 1. The molecule has 0 saturated carbocycles. The maximum atomic E-state index is 12.9. The molecule has 0 unspecified atom stereocenters. The SMILES string of the molecule is CC(=O)Oc1sc(-c2ccc(F)cc2)nc1C(C)C. The van der Waals surface area contributed by atoms with E-state index in [0.717, 1.165) is 16.3 Å². The van der Waals surface area contributed by atoms with Gasteiger partial charge in [0.15, 0.2) is 0 Å². The van der Waals surface area contributed by atoms with Gasteiger partial charge in [-0.05, 0) is 24.3 Å². The highest BCUT2D eigenvalue weighted by molar-refractivity contribution is 7.17. The molecule has 0 fully saturated rings. The van der Waals surface area contributed by atoms with Crippen molar-refractivity contribution in [1.29, 1.82) is 0 Å². The van der Waals surface area contributed by atoms with Gasteiger partial charge >= 0.3 is 5.97 Å². The van der Waals surface area contributed by atoms with E-state index in [-0.39, 0.29) is 17.7 Å². The molecule has 5 heteroatoms. The lowest BCUT2D eigenvalue weighted by atomic mass is 10.1. The van der Waals surface area contributed by atoms with E-state index < -0.39 is 0 Å². The van der Waals surface area contributed by atoms with E-state index in [1.165, 1.54) is 30.4 Å². The Bertz CT molecular complexity index is 590. The number of benzene rings is 1. The van der Waals surface area contributed by atoms with Crippen LogP contribution >= 0.6 is 11.3 Å². The molecule has 1 heterocycles. The normalized spacial score (nSPS) is 10.8. The molecule has 0 aliphatic heterocycles. The zero-order valence-corrected chi connectivity index (χ0v) is 11.8. The number of nitrogens with zero attached hydrogens (tertiary/aromatic N) is 1. The van der Waals surface area contributed by atoms with Gasteiger partial charge in [0.05, 0.1) is 5.69 Å². The van der Waals surface area contributed by atoms with E-state index in [1.54, 1.807) is 12.1 Å². The van der Waals surface area contributed by atoms with Crippen molar-refractivity contribution in [1.82, 2.24) is 4.98 Å². The lowest BCUT2D eigenvalue weighted by molar-refractivity contribution is -0.131. The number of aromatic nitrogens is 1. The minimum atomic E-state index is -0.365. The topological polar surface area (TPSA) is 39.2 Å². The van der Waals surface area contributed by atoms with Crippen molar-refractivity contribution in [3.05, 3.63) is 35.8 Å². The molecule has 2 aromatic rings. The van der Waals surface area contributed by atoms with Gasteiger partial charge in [-0.3, -0.25) is 4.79 Å². The van der Waals surface area contributed by atoms with Gasteiger partial charge in [-0.2, -0.15) is 0 Å². The Morgan fingerprint density at radius 1 is 1.32 bits per heavy atom. The first-order valence-corrected chi connectivity index (χ1v) is 6.74. The number of hydrogen-bond donors (Lipinski definition) is 0. The molecule has 0 aliphatic carbocycles. The Balaban J connectivity index is 2.42. The smallest absolute Gasteiger partial charge is 0.308 e. The standard InChI is InChI=1S/C14H14FNO2S/c1-8(2)12-14(18-9(3)17)19-13(16-12)10-4-6-11(15)7-5-10/h4-8H,1-3H3. The molecule has 19 heavy (non-hydrogen) atoms. The quantitative estimate of drug-likeness (QED) is 0.797. The molecule has 2 rings (SSSR count). The fourth-order valence-corrected chi connectivity index (χ4v) is 2.72. The predicted molar refractivity (Wildman–Crippen MR) is 72.9 cm³/mol. The van der Waals surface area contributed by atoms with Crippen LogP contribution in [0.25, 0.3) is 10.6 Å². The summed E-state index contributed by atoms with van der Waals surface area (Å²) in [4.78, 5) is 15.6.